The van der Waals surface area contributed by atoms with E-state index in [2.05, 4.69) is 37.6 Å². The van der Waals surface area contributed by atoms with Crippen molar-refractivity contribution in [2.45, 2.75) is 20.3 Å². The minimum absolute atomic E-state index is 0.0644. The Hall–Kier alpha value is -4.21. The predicted octanol–water partition coefficient (Wildman–Crippen LogP) is 3.69. The van der Waals surface area contributed by atoms with Gasteiger partial charge in [-0.15, -0.1) is 0 Å². The van der Waals surface area contributed by atoms with Crippen LogP contribution in [0.3, 0.4) is 0 Å². The number of rotatable bonds is 4. The second-order valence-corrected chi connectivity index (χ2v) is 8.30. The Bertz CT molecular complexity index is 1300. The van der Waals surface area contributed by atoms with Crippen molar-refractivity contribution < 1.29 is 4.79 Å². The van der Waals surface area contributed by atoms with Gasteiger partial charge in [-0.25, -0.2) is 24.3 Å². The molecular formula is C23H25N9O. The lowest BCUT2D eigenvalue weighted by Crippen LogP contribution is -2.32. The summed E-state index contributed by atoms with van der Waals surface area (Å²) in [6.07, 6.45) is 2.74. The number of nitrogen functional groups attached to an aromatic ring is 1. The standard InChI is InChI=1S/C23H25N9O/c1-14-9-11-31(13-14)23(33)29-17-7-5-16(6-8-17)28-22-21(18-12-19(24)27-15(2)26-18)32-20(30-22)4-3-10-25-32/h3-8,10,12,14,28H,9,11,13H2,1-2H3,(H,29,33)(H2,24,26,27). The van der Waals surface area contributed by atoms with E-state index in [0.29, 0.717) is 40.4 Å². The average Bonchev–Trinajstić information content (AvgIpc) is 3.37. The molecule has 10 heteroatoms. The first-order chi connectivity index (χ1) is 16.0. The Balaban J connectivity index is 1.41. The van der Waals surface area contributed by atoms with Gasteiger partial charge in [0.1, 0.15) is 17.3 Å². The molecule has 1 fully saturated rings. The van der Waals surface area contributed by atoms with E-state index in [4.69, 9.17) is 5.73 Å². The van der Waals surface area contributed by atoms with Crippen molar-refractivity contribution in [1.82, 2.24) is 29.5 Å². The Morgan fingerprint density at radius 2 is 1.91 bits per heavy atom. The molecular weight excluding hydrogens is 418 g/mol. The molecule has 3 aromatic heterocycles. The number of amides is 2. The SMILES string of the molecule is Cc1nc(N)cc(-c2c(Nc3ccc(NC(=O)N4CCC(C)C4)cc3)nc3cccnn23)n1. The highest BCUT2D eigenvalue weighted by atomic mass is 16.2. The highest BCUT2D eigenvalue weighted by Gasteiger charge is 2.23. The van der Waals surface area contributed by atoms with Crippen LogP contribution < -0.4 is 16.4 Å². The highest BCUT2D eigenvalue weighted by molar-refractivity contribution is 5.90. The molecule has 168 valence electrons. The van der Waals surface area contributed by atoms with Crippen LogP contribution in [-0.2, 0) is 0 Å². The number of carbonyl (C=O) groups is 1. The van der Waals surface area contributed by atoms with Gasteiger partial charge in [0.15, 0.2) is 11.5 Å². The number of nitrogens with two attached hydrogens (primary N) is 1. The molecule has 5 rings (SSSR count). The lowest BCUT2D eigenvalue weighted by Gasteiger charge is -2.17. The Kier molecular flexibility index (Phi) is 5.25. The minimum atomic E-state index is -0.0644. The molecule has 0 spiro atoms. The summed E-state index contributed by atoms with van der Waals surface area (Å²) in [4.78, 5) is 27.7. The fraction of sp³-hybridized carbons (Fsp3) is 0.261. The number of hydrogen-bond donors (Lipinski definition) is 3. The third-order valence-corrected chi connectivity index (χ3v) is 5.60. The van der Waals surface area contributed by atoms with Crippen LogP contribution in [0.5, 0.6) is 0 Å². The third kappa shape index (κ3) is 4.27. The number of likely N-dealkylation sites (tertiary alicyclic amines) is 1. The monoisotopic (exact) mass is 443 g/mol. The molecule has 0 radical (unpaired) electrons. The maximum Gasteiger partial charge on any atom is 0.321 e. The van der Waals surface area contributed by atoms with Gasteiger partial charge in [0.2, 0.25) is 0 Å². The Labute approximate surface area is 190 Å². The molecule has 4 aromatic rings. The zero-order valence-corrected chi connectivity index (χ0v) is 18.5. The Morgan fingerprint density at radius 1 is 1.12 bits per heavy atom. The van der Waals surface area contributed by atoms with Crippen LogP contribution in [0.1, 0.15) is 19.2 Å². The van der Waals surface area contributed by atoms with Crippen molar-refractivity contribution in [1.29, 1.82) is 0 Å². The largest absolute Gasteiger partial charge is 0.384 e. The quantitative estimate of drug-likeness (QED) is 0.439. The number of aryl methyl sites for hydroxylation is 1. The number of hydrogen-bond acceptors (Lipinski definition) is 7. The van der Waals surface area contributed by atoms with E-state index >= 15 is 0 Å². The van der Waals surface area contributed by atoms with Crippen LogP contribution in [0, 0.1) is 12.8 Å². The number of imidazole rings is 1. The molecule has 0 saturated carbocycles. The number of aromatic nitrogens is 5. The number of urea groups is 1. The van der Waals surface area contributed by atoms with Crippen molar-refractivity contribution in [3.63, 3.8) is 0 Å². The van der Waals surface area contributed by atoms with Crippen molar-refractivity contribution in [3.8, 4) is 11.4 Å². The number of fused-ring (bicyclic) bond motifs is 1. The summed E-state index contributed by atoms with van der Waals surface area (Å²) in [7, 11) is 0. The fourth-order valence-corrected chi connectivity index (χ4v) is 4.01. The topological polar surface area (TPSA) is 126 Å². The van der Waals surface area contributed by atoms with Crippen molar-refractivity contribution in [3.05, 3.63) is 54.5 Å². The maximum absolute atomic E-state index is 12.4. The van der Waals surface area contributed by atoms with Crippen molar-refractivity contribution in [2.75, 3.05) is 29.5 Å². The van der Waals surface area contributed by atoms with Gasteiger partial charge < -0.3 is 21.3 Å². The van der Waals surface area contributed by atoms with Gasteiger partial charge >= 0.3 is 6.03 Å². The first-order valence-corrected chi connectivity index (χ1v) is 10.8. The zero-order chi connectivity index (χ0) is 22.9. The van der Waals surface area contributed by atoms with Crippen LogP contribution in [0.15, 0.2) is 48.7 Å². The molecule has 4 N–H and O–H groups in total. The lowest BCUT2D eigenvalue weighted by atomic mass is 10.2. The second kappa shape index (κ2) is 8.38. The van der Waals surface area contributed by atoms with E-state index < -0.39 is 0 Å². The summed E-state index contributed by atoms with van der Waals surface area (Å²) in [5.41, 5.74) is 9.49. The lowest BCUT2D eigenvalue weighted by molar-refractivity contribution is 0.221. The average molecular weight is 444 g/mol. The molecule has 0 bridgehead atoms. The van der Waals surface area contributed by atoms with E-state index in [1.807, 2.05) is 41.3 Å². The van der Waals surface area contributed by atoms with Gasteiger partial charge in [-0.05, 0) is 55.7 Å². The van der Waals surface area contributed by atoms with E-state index in [0.717, 1.165) is 30.9 Å². The number of nitrogens with zero attached hydrogens (tertiary/aromatic N) is 6. The normalized spacial score (nSPS) is 15.7. The van der Waals surface area contributed by atoms with Gasteiger partial charge in [0.25, 0.3) is 0 Å². The van der Waals surface area contributed by atoms with Gasteiger partial charge in [0, 0.05) is 36.7 Å². The van der Waals surface area contributed by atoms with Gasteiger partial charge in [-0.3, -0.25) is 0 Å². The second-order valence-electron chi connectivity index (χ2n) is 8.30. The van der Waals surface area contributed by atoms with Crippen LogP contribution in [-0.4, -0.2) is 48.6 Å². The third-order valence-electron chi connectivity index (χ3n) is 5.60. The molecule has 1 saturated heterocycles. The predicted molar refractivity (Wildman–Crippen MR) is 127 cm³/mol. The molecule has 1 unspecified atom stereocenters. The molecule has 1 aromatic carbocycles. The number of anilines is 4. The number of nitrogens with one attached hydrogen (secondary N) is 2. The summed E-state index contributed by atoms with van der Waals surface area (Å²) in [5, 5.41) is 10.7. The molecule has 2 amide bonds. The molecule has 4 heterocycles. The maximum atomic E-state index is 12.4. The molecule has 1 aliphatic rings. The first-order valence-electron chi connectivity index (χ1n) is 10.8. The fourth-order valence-electron chi connectivity index (χ4n) is 4.01. The summed E-state index contributed by atoms with van der Waals surface area (Å²) in [6.45, 7) is 5.54. The summed E-state index contributed by atoms with van der Waals surface area (Å²) >= 11 is 0. The van der Waals surface area contributed by atoms with E-state index in [-0.39, 0.29) is 6.03 Å². The Morgan fingerprint density at radius 3 is 2.64 bits per heavy atom. The van der Waals surface area contributed by atoms with Gasteiger partial charge in [0.05, 0.1) is 5.69 Å². The van der Waals surface area contributed by atoms with Crippen molar-refractivity contribution >= 4 is 34.7 Å². The molecule has 33 heavy (non-hydrogen) atoms. The highest BCUT2D eigenvalue weighted by Crippen LogP contribution is 2.30. The summed E-state index contributed by atoms with van der Waals surface area (Å²) in [6, 6.07) is 12.8. The summed E-state index contributed by atoms with van der Waals surface area (Å²) in [5.74, 6) is 2.08. The zero-order valence-electron chi connectivity index (χ0n) is 18.5. The minimum Gasteiger partial charge on any atom is -0.384 e. The van der Waals surface area contributed by atoms with Crippen LogP contribution in [0.4, 0.5) is 27.8 Å². The van der Waals surface area contributed by atoms with Crippen molar-refractivity contribution in [2.24, 2.45) is 5.92 Å². The smallest absolute Gasteiger partial charge is 0.321 e. The van der Waals surface area contributed by atoms with Gasteiger partial charge in [-0.1, -0.05) is 6.92 Å². The molecule has 10 nitrogen and oxygen atoms in total. The van der Waals surface area contributed by atoms with Crippen LogP contribution in [0.2, 0.25) is 0 Å². The van der Waals surface area contributed by atoms with Crippen LogP contribution in [0.25, 0.3) is 17.0 Å². The molecule has 1 aliphatic heterocycles. The van der Waals surface area contributed by atoms with E-state index in [1.54, 1.807) is 23.7 Å². The van der Waals surface area contributed by atoms with Crippen LogP contribution >= 0.6 is 0 Å². The molecule has 1 atom stereocenters. The summed E-state index contributed by atoms with van der Waals surface area (Å²) < 4.78 is 1.72. The first kappa shape index (κ1) is 20.7. The van der Waals surface area contributed by atoms with E-state index in [9.17, 15) is 4.79 Å². The number of benzene rings is 1. The van der Waals surface area contributed by atoms with E-state index in [1.165, 1.54) is 0 Å². The molecule has 0 aliphatic carbocycles. The van der Waals surface area contributed by atoms with Gasteiger partial charge in [-0.2, -0.15) is 5.10 Å². The number of carbonyl (C=O) groups excluding carboxylic acids is 1.